The predicted octanol–water partition coefficient (Wildman–Crippen LogP) is 2.16. The molecule has 4 nitrogen and oxygen atoms in total. The first-order valence-corrected chi connectivity index (χ1v) is 6.82. The zero-order valence-electron chi connectivity index (χ0n) is 11.2. The molecule has 0 aromatic carbocycles. The van der Waals surface area contributed by atoms with Crippen LogP contribution in [0.25, 0.3) is 0 Å². The molecule has 1 aromatic heterocycles. The highest BCUT2D eigenvalue weighted by Crippen LogP contribution is 2.04. The van der Waals surface area contributed by atoms with Crippen LogP contribution in [0.4, 0.5) is 0 Å². The van der Waals surface area contributed by atoms with Gasteiger partial charge in [-0.2, -0.15) is 0 Å². The third-order valence-corrected chi connectivity index (χ3v) is 2.84. The number of pyridine rings is 1. The lowest BCUT2D eigenvalue weighted by Gasteiger charge is -2.09. The molecule has 0 aliphatic rings. The van der Waals surface area contributed by atoms with Gasteiger partial charge in [0.2, 0.25) is 0 Å². The zero-order chi connectivity index (χ0) is 13.2. The average Bonchev–Trinajstić information content (AvgIpc) is 2.38. The van der Waals surface area contributed by atoms with Crippen molar-refractivity contribution in [2.75, 3.05) is 13.2 Å². The molecule has 0 atom stereocenters. The molecule has 0 fully saturated rings. The van der Waals surface area contributed by atoms with E-state index in [1.54, 1.807) is 16.8 Å². The summed E-state index contributed by atoms with van der Waals surface area (Å²) in [4.78, 5) is 12.0. The molecule has 0 saturated carbocycles. The molecule has 1 rings (SSSR count). The molecule has 4 heteroatoms. The molecule has 102 valence electrons. The number of nitrogens with zero attached hydrogens (tertiary/aromatic N) is 1. The molecule has 0 spiro atoms. The Balaban J connectivity index is 2.52. The zero-order valence-corrected chi connectivity index (χ0v) is 11.2. The molecule has 18 heavy (non-hydrogen) atoms. The Bertz CT molecular complexity index is 388. The number of aryl methyl sites for hydroxylation is 1. The number of aromatic nitrogens is 1. The number of rotatable bonds is 9. The number of nitrogens with two attached hydrogens (primary N) is 1. The minimum absolute atomic E-state index is 0.0361. The minimum Gasteiger partial charge on any atom is -0.488 e. The standard InChI is InChI=1S/C14H24N2O2/c1-2-3-6-12-18-13-8-7-11-16(14(13)17)10-5-4-9-15/h7-8,11H,2-6,9-10,12,15H2,1H3. The summed E-state index contributed by atoms with van der Waals surface area (Å²) in [6.45, 7) is 4.15. The molecule has 1 aromatic rings. The maximum absolute atomic E-state index is 12.0. The SMILES string of the molecule is CCCCCOc1cccn(CCCCN)c1=O. The topological polar surface area (TPSA) is 57.2 Å². The monoisotopic (exact) mass is 252 g/mol. The second kappa shape index (κ2) is 8.75. The lowest BCUT2D eigenvalue weighted by Crippen LogP contribution is -2.22. The van der Waals surface area contributed by atoms with Crippen LogP contribution in [-0.2, 0) is 6.54 Å². The van der Waals surface area contributed by atoms with Crippen LogP contribution in [-0.4, -0.2) is 17.7 Å². The normalized spacial score (nSPS) is 10.6. The maximum atomic E-state index is 12.0. The molecule has 0 aliphatic carbocycles. The fraction of sp³-hybridized carbons (Fsp3) is 0.643. The summed E-state index contributed by atoms with van der Waals surface area (Å²) >= 11 is 0. The van der Waals surface area contributed by atoms with Gasteiger partial charge < -0.3 is 15.0 Å². The first kappa shape index (κ1) is 14.8. The molecular formula is C14H24N2O2. The van der Waals surface area contributed by atoms with Crippen LogP contribution in [0.2, 0.25) is 0 Å². The van der Waals surface area contributed by atoms with E-state index in [4.69, 9.17) is 10.5 Å². The molecular weight excluding hydrogens is 228 g/mol. The fourth-order valence-electron chi connectivity index (χ4n) is 1.76. The number of unbranched alkanes of at least 4 members (excludes halogenated alkanes) is 3. The molecule has 2 N–H and O–H groups in total. The summed E-state index contributed by atoms with van der Waals surface area (Å²) in [7, 11) is 0. The van der Waals surface area contributed by atoms with Gasteiger partial charge in [0.25, 0.3) is 5.56 Å². The molecule has 0 aliphatic heterocycles. The van der Waals surface area contributed by atoms with Gasteiger partial charge >= 0.3 is 0 Å². The summed E-state index contributed by atoms with van der Waals surface area (Å²) in [5, 5.41) is 0. The molecule has 1 heterocycles. The first-order valence-electron chi connectivity index (χ1n) is 6.82. The van der Waals surface area contributed by atoms with E-state index in [1.807, 2.05) is 6.07 Å². The first-order chi connectivity index (χ1) is 8.79. The Morgan fingerprint density at radius 3 is 2.83 bits per heavy atom. The summed E-state index contributed by atoms with van der Waals surface area (Å²) in [5.74, 6) is 0.460. The Hall–Kier alpha value is -1.29. The summed E-state index contributed by atoms with van der Waals surface area (Å²) in [5.41, 5.74) is 5.41. The third-order valence-electron chi connectivity index (χ3n) is 2.84. The van der Waals surface area contributed by atoms with Crippen LogP contribution in [0.15, 0.2) is 23.1 Å². The largest absolute Gasteiger partial charge is 0.488 e. The quantitative estimate of drug-likeness (QED) is 0.685. The van der Waals surface area contributed by atoms with Crippen LogP contribution in [0.5, 0.6) is 5.75 Å². The van der Waals surface area contributed by atoms with Crippen molar-refractivity contribution in [1.82, 2.24) is 4.57 Å². The lowest BCUT2D eigenvalue weighted by atomic mass is 10.3. The summed E-state index contributed by atoms with van der Waals surface area (Å²) in [6.07, 6.45) is 6.96. The van der Waals surface area contributed by atoms with Crippen molar-refractivity contribution >= 4 is 0 Å². The second-order valence-corrected chi connectivity index (χ2v) is 4.42. The smallest absolute Gasteiger partial charge is 0.292 e. The summed E-state index contributed by atoms with van der Waals surface area (Å²) < 4.78 is 7.23. The van der Waals surface area contributed by atoms with Gasteiger partial charge in [-0.25, -0.2) is 0 Å². The van der Waals surface area contributed by atoms with Gasteiger partial charge in [-0.3, -0.25) is 4.79 Å². The van der Waals surface area contributed by atoms with Crippen LogP contribution in [0.3, 0.4) is 0 Å². The van der Waals surface area contributed by atoms with Crippen LogP contribution < -0.4 is 16.0 Å². The highest BCUT2D eigenvalue weighted by atomic mass is 16.5. The van der Waals surface area contributed by atoms with Gasteiger partial charge in [0.15, 0.2) is 5.75 Å². The second-order valence-electron chi connectivity index (χ2n) is 4.42. The lowest BCUT2D eigenvalue weighted by molar-refractivity contribution is 0.299. The Morgan fingerprint density at radius 2 is 2.11 bits per heavy atom. The molecule has 0 bridgehead atoms. The van der Waals surface area contributed by atoms with Gasteiger partial charge in [0.1, 0.15) is 0 Å². The highest BCUT2D eigenvalue weighted by molar-refractivity contribution is 5.17. The maximum Gasteiger partial charge on any atom is 0.292 e. The Labute approximate surface area is 109 Å². The van der Waals surface area contributed by atoms with Crippen LogP contribution in [0, 0.1) is 0 Å². The van der Waals surface area contributed by atoms with E-state index in [2.05, 4.69) is 6.92 Å². The van der Waals surface area contributed by atoms with E-state index in [1.165, 1.54) is 0 Å². The number of hydrogen-bond donors (Lipinski definition) is 1. The van der Waals surface area contributed by atoms with E-state index < -0.39 is 0 Å². The van der Waals surface area contributed by atoms with Crippen molar-refractivity contribution in [1.29, 1.82) is 0 Å². The van der Waals surface area contributed by atoms with E-state index in [0.29, 0.717) is 25.4 Å². The van der Waals surface area contributed by atoms with Gasteiger partial charge in [-0.15, -0.1) is 0 Å². The van der Waals surface area contributed by atoms with E-state index in [0.717, 1.165) is 32.1 Å². The molecule has 0 amide bonds. The molecule has 0 unspecified atom stereocenters. The van der Waals surface area contributed by atoms with Gasteiger partial charge in [0.05, 0.1) is 6.61 Å². The highest BCUT2D eigenvalue weighted by Gasteiger charge is 2.03. The van der Waals surface area contributed by atoms with Crippen molar-refractivity contribution < 1.29 is 4.74 Å². The Kier molecular flexibility index (Phi) is 7.18. The van der Waals surface area contributed by atoms with Crippen LogP contribution >= 0.6 is 0 Å². The van der Waals surface area contributed by atoms with Gasteiger partial charge in [0, 0.05) is 12.7 Å². The van der Waals surface area contributed by atoms with E-state index in [9.17, 15) is 4.79 Å². The average molecular weight is 252 g/mol. The van der Waals surface area contributed by atoms with Gasteiger partial charge in [-0.05, 0) is 37.9 Å². The molecule has 0 radical (unpaired) electrons. The van der Waals surface area contributed by atoms with E-state index >= 15 is 0 Å². The van der Waals surface area contributed by atoms with Crippen molar-refractivity contribution in [2.45, 2.75) is 45.6 Å². The Morgan fingerprint density at radius 1 is 1.28 bits per heavy atom. The van der Waals surface area contributed by atoms with Crippen molar-refractivity contribution in [3.05, 3.63) is 28.7 Å². The van der Waals surface area contributed by atoms with Crippen LogP contribution in [0.1, 0.15) is 39.0 Å². The number of hydrogen-bond acceptors (Lipinski definition) is 3. The van der Waals surface area contributed by atoms with E-state index in [-0.39, 0.29) is 5.56 Å². The fourth-order valence-corrected chi connectivity index (χ4v) is 1.76. The molecule has 0 saturated heterocycles. The third kappa shape index (κ3) is 4.92. The minimum atomic E-state index is -0.0361. The summed E-state index contributed by atoms with van der Waals surface area (Å²) in [6, 6.07) is 3.60. The van der Waals surface area contributed by atoms with Gasteiger partial charge in [-0.1, -0.05) is 19.8 Å². The van der Waals surface area contributed by atoms with Crippen molar-refractivity contribution in [3.8, 4) is 5.75 Å². The van der Waals surface area contributed by atoms with Crippen molar-refractivity contribution in [3.63, 3.8) is 0 Å². The number of ether oxygens (including phenoxy) is 1. The predicted molar refractivity (Wildman–Crippen MR) is 74.0 cm³/mol. The van der Waals surface area contributed by atoms with Crippen molar-refractivity contribution in [2.24, 2.45) is 5.73 Å².